The smallest absolute Gasteiger partial charge is 0.354 e. The first-order valence-electron chi connectivity index (χ1n) is 5.49. The minimum Gasteiger partial charge on any atom is -0.354 e. The molecule has 2 rings (SSSR count). The van der Waals surface area contributed by atoms with Crippen LogP contribution in [0, 0.1) is 0 Å². The van der Waals surface area contributed by atoms with Crippen LogP contribution >= 0.6 is 11.6 Å². The molecule has 1 aliphatic rings. The van der Waals surface area contributed by atoms with Crippen molar-refractivity contribution in [1.29, 1.82) is 0 Å². The van der Waals surface area contributed by atoms with Crippen molar-refractivity contribution in [2.24, 2.45) is 0 Å². The van der Waals surface area contributed by atoms with Gasteiger partial charge >= 0.3 is 6.18 Å². The van der Waals surface area contributed by atoms with Gasteiger partial charge in [0, 0.05) is 32.1 Å². The second-order valence-corrected chi connectivity index (χ2v) is 4.34. The van der Waals surface area contributed by atoms with Crippen LogP contribution in [0.5, 0.6) is 0 Å². The van der Waals surface area contributed by atoms with E-state index in [9.17, 15) is 18.0 Å². The van der Waals surface area contributed by atoms with E-state index < -0.39 is 12.0 Å². The molecule has 9 heteroatoms. The number of alkyl halides is 3. The summed E-state index contributed by atoms with van der Waals surface area (Å²) in [6.07, 6.45) is -4.46. The van der Waals surface area contributed by atoms with Gasteiger partial charge in [0.15, 0.2) is 0 Å². The maximum Gasteiger partial charge on any atom is 0.451 e. The first-order chi connectivity index (χ1) is 8.86. The molecule has 1 aromatic heterocycles. The summed E-state index contributed by atoms with van der Waals surface area (Å²) in [5.41, 5.74) is 0. The molecule has 1 fully saturated rings. The lowest BCUT2D eigenvalue weighted by molar-refractivity contribution is -0.144. The third kappa shape index (κ3) is 3.46. The Morgan fingerprint density at radius 3 is 2.74 bits per heavy atom. The summed E-state index contributed by atoms with van der Waals surface area (Å²) >= 11 is 5.58. The molecule has 0 atom stereocenters. The number of aromatic nitrogens is 2. The van der Waals surface area contributed by atoms with E-state index in [2.05, 4.69) is 15.3 Å². The molecule has 1 N–H and O–H groups in total. The van der Waals surface area contributed by atoms with Crippen molar-refractivity contribution in [2.75, 3.05) is 24.5 Å². The van der Waals surface area contributed by atoms with E-state index in [1.807, 2.05) is 0 Å². The van der Waals surface area contributed by atoms with Crippen molar-refractivity contribution in [3.63, 3.8) is 0 Å². The van der Waals surface area contributed by atoms with Crippen molar-refractivity contribution < 1.29 is 18.0 Å². The highest BCUT2D eigenvalue weighted by Gasteiger charge is 2.35. The highest BCUT2D eigenvalue weighted by atomic mass is 35.5. The topological polar surface area (TPSA) is 58.1 Å². The standard InChI is InChI=1S/C10H10ClF3N4O/c11-6-5-7(17-9(16-6)10(12,13)14)18-3-1-8(19)15-2-4-18/h5H,1-4H2,(H,15,19). The lowest BCUT2D eigenvalue weighted by Gasteiger charge is -2.21. The summed E-state index contributed by atoms with van der Waals surface area (Å²) in [4.78, 5) is 19.4. The molecule has 1 saturated heterocycles. The third-order valence-corrected chi connectivity index (χ3v) is 2.77. The van der Waals surface area contributed by atoms with E-state index in [1.165, 1.54) is 6.07 Å². The van der Waals surface area contributed by atoms with Gasteiger partial charge in [0.2, 0.25) is 11.7 Å². The lowest BCUT2D eigenvalue weighted by Crippen LogP contribution is -2.29. The predicted molar refractivity (Wildman–Crippen MR) is 61.9 cm³/mol. The first-order valence-corrected chi connectivity index (χ1v) is 5.87. The molecule has 0 radical (unpaired) electrons. The Bertz CT molecular complexity index is 494. The molecule has 1 aromatic rings. The summed E-state index contributed by atoms with van der Waals surface area (Å²) in [5, 5.41) is 2.35. The van der Waals surface area contributed by atoms with Crippen LogP contribution in [0.25, 0.3) is 0 Å². The maximum atomic E-state index is 12.6. The number of carbonyl (C=O) groups is 1. The number of amides is 1. The maximum absolute atomic E-state index is 12.6. The van der Waals surface area contributed by atoms with Gasteiger partial charge in [0.25, 0.3) is 0 Å². The van der Waals surface area contributed by atoms with Crippen LogP contribution in [-0.4, -0.2) is 35.5 Å². The fourth-order valence-corrected chi connectivity index (χ4v) is 1.87. The average molecular weight is 295 g/mol. The van der Waals surface area contributed by atoms with Gasteiger partial charge in [0.1, 0.15) is 11.0 Å². The minimum absolute atomic E-state index is 0.0730. The zero-order chi connectivity index (χ0) is 14.0. The highest BCUT2D eigenvalue weighted by Crippen LogP contribution is 2.29. The van der Waals surface area contributed by atoms with E-state index in [4.69, 9.17) is 11.6 Å². The van der Waals surface area contributed by atoms with Crippen molar-refractivity contribution in [1.82, 2.24) is 15.3 Å². The number of rotatable bonds is 1. The van der Waals surface area contributed by atoms with E-state index >= 15 is 0 Å². The number of halogens is 4. The minimum atomic E-state index is -4.65. The molecule has 0 unspecified atom stereocenters. The van der Waals surface area contributed by atoms with E-state index in [-0.39, 0.29) is 29.8 Å². The van der Waals surface area contributed by atoms with Gasteiger partial charge < -0.3 is 10.2 Å². The number of anilines is 1. The Balaban J connectivity index is 2.29. The van der Waals surface area contributed by atoms with Crippen LogP contribution in [0.1, 0.15) is 12.2 Å². The molecule has 19 heavy (non-hydrogen) atoms. The largest absolute Gasteiger partial charge is 0.451 e. The van der Waals surface area contributed by atoms with Crippen molar-refractivity contribution in [3.05, 3.63) is 17.0 Å². The quantitative estimate of drug-likeness (QED) is 0.797. The average Bonchev–Trinajstić information content (AvgIpc) is 2.52. The highest BCUT2D eigenvalue weighted by molar-refractivity contribution is 6.29. The second-order valence-electron chi connectivity index (χ2n) is 3.96. The SMILES string of the molecule is O=C1CCN(c2cc(Cl)nc(C(F)(F)F)n2)CCN1. The van der Waals surface area contributed by atoms with E-state index in [1.54, 1.807) is 4.90 Å². The van der Waals surface area contributed by atoms with Crippen molar-refractivity contribution in [2.45, 2.75) is 12.6 Å². The summed E-state index contributed by atoms with van der Waals surface area (Å²) in [6, 6.07) is 1.26. The lowest BCUT2D eigenvalue weighted by atomic mass is 10.3. The van der Waals surface area contributed by atoms with Gasteiger partial charge in [0.05, 0.1) is 0 Å². The molecule has 0 spiro atoms. The van der Waals surface area contributed by atoms with Crippen LogP contribution < -0.4 is 10.2 Å². The summed E-state index contributed by atoms with van der Waals surface area (Å²) in [7, 11) is 0. The van der Waals surface area contributed by atoms with Crippen LogP contribution in [0.15, 0.2) is 6.07 Å². The first kappa shape index (κ1) is 13.9. The number of hydrogen-bond acceptors (Lipinski definition) is 4. The summed E-state index contributed by atoms with van der Waals surface area (Å²) < 4.78 is 37.8. The molecule has 1 aliphatic heterocycles. The summed E-state index contributed by atoms with van der Waals surface area (Å²) in [5.74, 6) is -1.35. The van der Waals surface area contributed by atoms with Gasteiger partial charge in [-0.2, -0.15) is 13.2 Å². The van der Waals surface area contributed by atoms with Gasteiger partial charge in [-0.15, -0.1) is 0 Å². The van der Waals surface area contributed by atoms with Crippen LogP contribution in [0.2, 0.25) is 5.15 Å². The molecule has 0 aromatic carbocycles. The monoisotopic (exact) mass is 294 g/mol. The Labute approximate surface area is 111 Å². The van der Waals surface area contributed by atoms with Gasteiger partial charge in [-0.3, -0.25) is 4.79 Å². The van der Waals surface area contributed by atoms with Crippen LogP contribution in [-0.2, 0) is 11.0 Å². The molecule has 2 heterocycles. The van der Waals surface area contributed by atoms with Gasteiger partial charge in [-0.25, -0.2) is 9.97 Å². The zero-order valence-corrected chi connectivity index (χ0v) is 10.4. The number of hydrogen-bond donors (Lipinski definition) is 1. The van der Waals surface area contributed by atoms with E-state index in [0.29, 0.717) is 13.1 Å². The zero-order valence-electron chi connectivity index (χ0n) is 9.67. The molecular formula is C10H10ClF3N4O. The van der Waals surface area contributed by atoms with Crippen LogP contribution in [0.3, 0.4) is 0 Å². The molecular weight excluding hydrogens is 285 g/mol. The number of nitrogens with zero attached hydrogens (tertiary/aromatic N) is 3. The second kappa shape index (κ2) is 5.20. The Hall–Kier alpha value is -1.57. The normalized spacial score (nSPS) is 17.1. The summed E-state index contributed by atoms with van der Waals surface area (Å²) in [6.45, 7) is 1.01. The van der Waals surface area contributed by atoms with Crippen molar-refractivity contribution >= 4 is 23.3 Å². The number of carbonyl (C=O) groups excluding carboxylic acids is 1. The Morgan fingerprint density at radius 1 is 1.32 bits per heavy atom. The molecule has 5 nitrogen and oxygen atoms in total. The molecule has 0 aliphatic carbocycles. The van der Waals surface area contributed by atoms with Gasteiger partial charge in [-0.05, 0) is 0 Å². The third-order valence-electron chi connectivity index (χ3n) is 2.57. The fraction of sp³-hybridized carbons (Fsp3) is 0.500. The van der Waals surface area contributed by atoms with Crippen LogP contribution in [0.4, 0.5) is 19.0 Å². The molecule has 0 bridgehead atoms. The fourth-order valence-electron chi connectivity index (χ4n) is 1.69. The van der Waals surface area contributed by atoms with Crippen molar-refractivity contribution in [3.8, 4) is 0 Å². The van der Waals surface area contributed by atoms with Gasteiger partial charge in [-0.1, -0.05) is 11.6 Å². The molecule has 1 amide bonds. The predicted octanol–water partition coefficient (Wildman–Crippen LogP) is 1.48. The Morgan fingerprint density at radius 2 is 2.05 bits per heavy atom. The molecule has 104 valence electrons. The molecule has 0 saturated carbocycles. The number of nitrogens with one attached hydrogen (secondary N) is 1. The Kier molecular flexibility index (Phi) is 3.79. The van der Waals surface area contributed by atoms with E-state index in [0.717, 1.165) is 0 Å².